The zero-order valence-corrected chi connectivity index (χ0v) is 16.3. The van der Waals surface area contributed by atoms with E-state index in [-0.39, 0.29) is 24.1 Å². The van der Waals surface area contributed by atoms with Crippen LogP contribution in [-0.4, -0.2) is 35.0 Å². The van der Waals surface area contributed by atoms with E-state index < -0.39 is 5.82 Å². The second kappa shape index (κ2) is 8.17. The zero-order valence-electron chi connectivity index (χ0n) is 16.3. The van der Waals surface area contributed by atoms with E-state index in [1.807, 2.05) is 31.2 Å². The molecule has 6 heteroatoms. The van der Waals surface area contributed by atoms with Gasteiger partial charge in [-0.15, -0.1) is 0 Å². The van der Waals surface area contributed by atoms with Crippen LogP contribution in [0.2, 0.25) is 0 Å². The molecule has 29 heavy (non-hydrogen) atoms. The van der Waals surface area contributed by atoms with Crippen LogP contribution in [0.5, 0.6) is 0 Å². The largest absolute Gasteiger partial charge is 0.376 e. The van der Waals surface area contributed by atoms with Crippen LogP contribution in [0, 0.1) is 12.7 Å². The van der Waals surface area contributed by atoms with E-state index in [0.29, 0.717) is 24.3 Å². The fourth-order valence-corrected chi connectivity index (χ4v) is 3.71. The molecule has 0 saturated carbocycles. The molecule has 2 aromatic carbocycles. The molecule has 1 aliphatic heterocycles. The van der Waals surface area contributed by atoms with Crippen LogP contribution in [0.15, 0.2) is 53.3 Å². The lowest BCUT2D eigenvalue weighted by atomic mass is 10.1. The number of aromatic nitrogens is 1. The molecule has 4 rings (SSSR count). The standard InChI is InChI=1S/C23H23FN2O3/c1-15-4-5-17-12-18(22(27)25-21(17)11-15)13-26(14-20-3-2-10-29-20)23(28)16-6-8-19(24)9-7-16/h4-9,11-12,20H,2-3,10,13-14H2,1H3,(H,25,27)/t20-/m0/s1. The SMILES string of the molecule is Cc1ccc2cc(CN(C[C@@H]3CCCO3)C(=O)c3ccc(F)cc3)c(=O)[nH]c2c1. The summed E-state index contributed by atoms with van der Waals surface area (Å²) < 4.78 is 19.0. The number of carbonyl (C=O) groups is 1. The Kier molecular flexibility index (Phi) is 5.45. The summed E-state index contributed by atoms with van der Waals surface area (Å²) in [6.45, 7) is 3.20. The summed E-state index contributed by atoms with van der Waals surface area (Å²) in [5.41, 5.74) is 2.51. The van der Waals surface area contributed by atoms with Crippen molar-refractivity contribution in [3.05, 3.63) is 81.4 Å². The maximum atomic E-state index is 13.3. The van der Waals surface area contributed by atoms with Gasteiger partial charge in [0.2, 0.25) is 0 Å². The number of ether oxygens (including phenoxy) is 1. The fourth-order valence-electron chi connectivity index (χ4n) is 3.71. The smallest absolute Gasteiger partial charge is 0.254 e. The quantitative estimate of drug-likeness (QED) is 0.716. The molecule has 0 unspecified atom stereocenters. The van der Waals surface area contributed by atoms with Crippen molar-refractivity contribution in [3.8, 4) is 0 Å². The third-order valence-electron chi connectivity index (χ3n) is 5.27. The molecular formula is C23H23FN2O3. The summed E-state index contributed by atoms with van der Waals surface area (Å²) in [6.07, 6.45) is 1.78. The number of hydrogen-bond donors (Lipinski definition) is 1. The number of carbonyl (C=O) groups excluding carboxylic acids is 1. The van der Waals surface area contributed by atoms with Gasteiger partial charge in [0.25, 0.3) is 11.5 Å². The van der Waals surface area contributed by atoms with Gasteiger partial charge in [-0.3, -0.25) is 9.59 Å². The van der Waals surface area contributed by atoms with E-state index in [9.17, 15) is 14.0 Å². The first-order chi connectivity index (χ1) is 14.0. The molecule has 1 N–H and O–H groups in total. The molecule has 1 fully saturated rings. The molecule has 1 amide bonds. The van der Waals surface area contributed by atoms with Gasteiger partial charge in [-0.1, -0.05) is 12.1 Å². The number of nitrogens with zero attached hydrogens (tertiary/aromatic N) is 1. The van der Waals surface area contributed by atoms with E-state index in [2.05, 4.69) is 4.98 Å². The number of benzene rings is 2. The number of nitrogens with one attached hydrogen (secondary N) is 1. The molecule has 3 aromatic rings. The van der Waals surface area contributed by atoms with Crippen molar-refractivity contribution in [2.24, 2.45) is 0 Å². The van der Waals surface area contributed by atoms with Crippen LogP contribution < -0.4 is 5.56 Å². The van der Waals surface area contributed by atoms with Crippen LogP contribution >= 0.6 is 0 Å². The van der Waals surface area contributed by atoms with Gasteiger partial charge in [0.1, 0.15) is 5.82 Å². The predicted molar refractivity (Wildman–Crippen MR) is 109 cm³/mol. The number of H-pyrrole nitrogens is 1. The lowest BCUT2D eigenvalue weighted by molar-refractivity contribution is 0.0506. The van der Waals surface area contributed by atoms with Crippen LogP contribution in [0.3, 0.4) is 0 Å². The van der Waals surface area contributed by atoms with Crippen LogP contribution in [0.25, 0.3) is 10.9 Å². The Morgan fingerprint density at radius 1 is 1.21 bits per heavy atom. The fraction of sp³-hybridized carbons (Fsp3) is 0.304. The number of rotatable bonds is 5. The summed E-state index contributed by atoms with van der Waals surface area (Å²) in [4.78, 5) is 30.3. The normalized spacial score (nSPS) is 16.3. The molecule has 150 valence electrons. The molecule has 0 bridgehead atoms. The van der Waals surface area contributed by atoms with Crippen molar-refractivity contribution in [3.63, 3.8) is 0 Å². The van der Waals surface area contributed by atoms with Crippen molar-refractivity contribution in [1.82, 2.24) is 9.88 Å². The highest BCUT2D eigenvalue weighted by Crippen LogP contribution is 2.19. The highest BCUT2D eigenvalue weighted by Gasteiger charge is 2.24. The molecule has 0 spiro atoms. The average Bonchev–Trinajstić information content (AvgIpc) is 3.21. The third-order valence-corrected chi connectivity index (χ3v) is 5.27. The monoisotopic (exact) mass is 394 g/mol. The van der Waals surface area contributed by atoms with Gasteiger partial charge in [0.15, 0.2) is 0 Å². The number of hydrogen-bond acceptors (Lipinski definition) is 3. The maximum Gasteiger partial charge on any atom is 0.254 e. The summed E-state index contributed by atoms with van der Waals surface area (Å²) in [5.74, 6) is -0.641. The molecule has 0 aliphatic carbocycles. The molecule has 1 aliphatic rings. The number of aryl methyl sites for hydroxylation is 1. The van der Waals surface area contributed by atoms with E-state index in [1.165, 1.54) is 24.3 Å². The van der Waals surface area contributed by atoms with E-state index in [4.69, 9.17) is 4.74 Å². The van der Waals surface area contributed by atoms with Gasteiger partial charge in [-0.25, -0.2) is 4.39 Å². The molecular weight excluding hydrogens is 371 g/mol. The van der Waals surface area contributed by atoms with Crippen molar-refractivity contribution >= 4 is 16.8 Å². The molecule has 1 atom stereocenters. The van der Waals surface area contributed by atoms with Gasteiger partial charge >= 0.3 is 0 Å². The van der Waals surface area contributed by atoms with Crippen LogP contribution in [0.4, 0.5) is 4.39 Å². The second-order valence-corrected chi connectivity index (χ2v) is 7.54. The minimum absolute atomic E-state index is 0.0541. The Labute approximate surface area is 168 Å². The second-order valence-electron chi connectivity index (χ2n) is 7.54. The van der Waals surface area contributed by atoms with Crippen molar-refractivity contribution in [1.29, 1.82) is 0 Å². The minimum Gasteiger partial charge on any atom is -0.376 e. The first-order valence-electron chi connectivity index (χ1n) is 9.78. The average molecular weight is 394 g/mol. The number of pyridine rings is 1. The molecule has 1 aromatic heterocycles. The molecule has 0 radical (unpaired) electrons. The molecule has 5 nitrogen and oxygen atoms in total. The maximum absolute atomic E-state index is 13.3. The number of fused-ring (bicyclic) bond motifs is 1. The number of aromatic amines is 1. The molecule has 2 heterocycles. The van der Waals surface area contributed by atoms with E-state index in [0.717, 1.165) is 29.3 Å². The van der Waals surface area contributed by atoms with Gasteiger partial charge in [0.05, 0.1) is 12.6 Å². The Morgan fingerprint density at radius 3 is 2.72 bits per heavy atom. The summed E-state index contributed by atoms with van der Waals surface area (Å²) >= 11 is 0. The first-order valence-corrected chi connectivity index (χ1v) is 9.78. The number of halogens is 1. The number of amides is 1. The minimum atomic E-state index is -0.395. The van der Waals surface area contributed by atoms with Crippen molar-refractivity contribution < 1.29 is 13.9 Å². The van der Waals surface area contributed by atoms with Gasteiger partial charge in [-0.2, -0.15) is 0 Å². The Bertz CT molecular complexity index is 1090. The lowest BCUT2D eigenvalue weighted by Gasteiger charge is -2.25. The third kappa shape index (κ3) is 4.38. The predicted octanol–water partition coefficient (Wildman–Crippen LogP) is 3.80. The first kappa shape index (κ1) is 19.3. The highest BCUT2D eigenvalue weighted by atomic mass is 19.1. The van der Waals surface area contributed by atoms with Crippen molar-refractivity contribution in [2.45, 2.75) is 32.4 Å². The summed E-state index contributed by atoms with van der Waals surface area (Å²) in [6, 6.07) is 13.2. The van der Waals surface area contributed by atoms with Gasteiger partial charge in [0, 0.05) is 29.8 Å². The van der Waals surface area contributed by atoms with Gasteiger partial charge in [-0.05, 0) is 67.1 Å². The molecule has 1 saturated heterocycles. The highest BCUT2D eigenvalue weighted by molar-refractivity contribution is 5.94. The summed E-state index contributed by atoms with van der Waals surface area (Å²) in [7, 11) is 0. The van der Waals surface area contributed by atoms with Crippen LogP contribution in [-0.2, 0) is 11.3 Å². The Hall–Kier alpha value is -2.99. The lowest BCUT2D eigenvalue weighted by Crippen LogP contribution is -2.38. The van der Waals surface area contributed by atoms with E-state index >= 15 is 0 Å². The van der Waals surface area contributed by atoms with E-state index in [1.54, 1.807) is 4.90 Å². The Morgan fingerprint density at radius 2 is 2.00 bits per heavy atom. The van der Waals surface area contributed by atoms with Crippen molar-refractivity contribution in [2.75, 3.05) is 13.2 Å². The van der Waals surface area contributed by atoms with Crippen LogP contribution in [0.1, 0.15) is 34.3 Å². The topological polar surface area (TPSA) is 62.4 Å². The Balaban J connectivity index is 1.65. The summed E-state index contributed by atoms with van der Waals surface area (Å²) in [5, 5.41) is 0.913. The van der Waals surface area contributed by atoms with Gasteiger partial charge < -0.3 is 14.6 Å². The zero-order chi connectivity index (χ0) is 20.4.